The van der Waals surface area contributed by atoms with Gasteiger partial charge in [0.05, 0.1) is 0 Å². The van der Waals surface area contributed by atoms with E-state index in [4.69, 9.17) is 4.42 Å². The maximum atomic E-state index is 6.01. The van der Waals surface area contributed by atoms with E-state index in [0.29, 0.717) is 5.89 Å². The lowest BCUT2D eigenvalue weighted by atomic mass is 10.1. The molecule has 114 valence electrons. The van der Waals surface area contributed by atoms with Gasteiger partial charge in [-0.05, 0) is 60.9 Å². The highest BCUT2D eigenvalue weighted by atomic mass is 16.3. The van der Waals surface area contributed by atoms with E-state index in [-0.39, 0.29) is 0 Å². The summed E-state index contributed by atoms with van der Waals surface area (Å²) in [5.74, 6) is 0.676. The monoisotopic (exact) mass is 302 g/mol. The lowest BCUT2D eigenvalue weighted by molar-refractivity contribution is 0.617. The second-order valence-corrected chi connectivity index (χ2v) is 5.77. The van der Waals surface area contributed by atoms with Gasteiger partial charge in [0.1, 0.15) is 5.52 Å². The molecule has 3 heteroatoms. The molecule has 0 unspecified atom stereocenters. The molecule has 0 saturated heterocycles. The molecule has 0 amide bonds. The lowest BCUT2D eigenvalue weighted by Crippen LogP contribution is -1.90. The molecule has 0 N–H and O–H groups in total. The summed E-state index contributed by atoms with van der Waals surface area (Å²) in [5.41, 5.74) is 6.27. The summed E-state index contributed by atoms with van der Waals surface area (Å²) < 4.78 is 8.09. The maximum absolute atomic E-state index is 6.01. The molecular formula is C20H18N2O. The van der Waals surface area contributed by atoms with Crippen molar-refractivity contribution in [2.45, 2.75) is 20.3 Å². The molecule has 0 aliphatic heterocycles. The average Bonchev–Trinajstić information content (AvgIpc) is 3.24. The Kier molecular flexibility index (Phi) is 3.27. The van der Waals surface area contributed by atoms with E-state index >= 15 is 0 Å². The summed E-state index contributed by atoms with van der Waals surface area (Å²) >= 11 is 0. The van der Waals surface area contributed by atoms with Crippen LogP contribution >= 0.6 is 0 Å². The summed E-state index contributed by atoms with van der Waals surface area (Å²) in [7, 11) is 0. The molecule has 0 fully saturated rings. The average molecular weight is 302 g/mol. The number of nitrogens with zero attached hydrogens (tertiary/aromatic N) is 2. The van der Waals surface area contributed by atoms with E-state index in [1.165, 1.54) is 5.56 Å². The fourth-order valence-electron chi connectivity index (χ4n) is 2.84. The van der Waals surface area contributed by atoms with Gasteiger partial charge in [0, 0.05) is 23.6 Å². The van der Waals surface area contributed by atoms with Crippen LogP contribution in [-0.4, -0.2) is 9.55 Å². The van der Waals surface area contributed by atoms with E-state index < -0.39 is 0 Å². The number of benzene rings is 2. The van der Waals surface area contributed by atoms with Gasteiger partial charge in [-0.15, -0.1) is 0 Å². The van der Waals surface area contributed by atoms with E-state index in [2.05, 4.69) is 59.8 Å². The highest BCUT2D eigenvalue weighted by Gasteiger charge is 2.12. The molecule has 2 aromatic carbocycles. The van der Waals surface area contributed by atoms with Crippen molar-refractivity contribution in [3.05, 3.63) is 72.1 Å². The Labute approximate surface area is 135 Å². The molecular weight excluding hydrogens is 284 g/mol. The number of hydrogen-bond donors (Lipinski definition) is 0. The molecule has 0 bridgehead atoms. The van der Waals surface area contributed by atoms with Crippen LogP contribution in [0.2, 0.25) is 0 Å². The molecule has 0 spiro atoms. The highest BCUT2D eigenvalue weighted by Crippen LogP contribution is 2.28. The number of oxazole rings is 1. The first-order chi connectivity index (χ1) is 11.2. The third-order valence-corrected chi connectivity index (χ3v) is 4.17. The largest absolute Gasteiger partial charge is 0.436 e. The van der Waals surface area contributed by atoms with Crippen LogP contribution in [0.25, 0.3) is 28.2 Å². The van der Waals surface area contributed by atoms with Crippen molar-refractivity contribution in [3.8, 4) is 17.1 Å². The Morgan fingerprint density at radius 2 is 1.78 bits per heavy atom. The zero-order chi connectivity index (χ0) is 15.8. The van der Waals surface area contributed by atoms with Crippen molar-refractivity contribution < 1.29 is 4.42 Å². The van der Waals surface area contributed by atoms with Crippen molar-refractivity contribution in [2.75, 3.05) is 0 Å². The van der Waals surface area contributed by atoms with Crippen LogP contribution in [0.1, 0.15) is 18.1 Å². The molecule has 3 nitrogen and oxygen atoms in total. The van der Waals surface area contributed by atoms with Crippen LogP contribution in [-0.2, 0) is 6.42 Å². The number of aryl methyl sites for hydroxylation is 2. The molecule has 0 saturated carbocycles. The number of aromatic nitrogens is 2. The van der Waals surface area contributed by atoms with Crippen molar-refractivity contribution >= 4 is 11.1 Å². The van der Waals surface area contributed by atoms with Crippen LogP contribution in [0.15, 0.2) is 65.3 Å². The Hall–Kier alpha value is -2.81. The summed E-state index contributed by atoms with van der Waals surface area (Å²) in [6.07, 6.45) is 5.10. The second kappa shape index (κ2) is 5.43. The number of fused-ring (bicyclic) bond motifs is 1. The summed E-state index contributed by atoms with van der Waals surface area (Å²) in [6.45, 7) is 4.21. The van der Waals surface area contributed by atoms with Gasteiger partial charge >= 0.3 is 0 Å². The van der Waals surface area contributed by atoms with E-state index in [0.717, 1.165) is 34.3 Å². The fourth-order valence-corrected chi connectivity index (χ4v) is 2.84. The molecule has 0 aliphatic carbocycles. The lowest BCUT2D eigenvalue weighted by Gasteiger charge is -2.03. The summed E-state index contributed by atoms with van der Waals surface area (Å²) in [4.78, 5) is 4.69. The minimum Gasteiger partial charge on any atom is -0.436 e. The van der Waals surface area contributed by atoms with Crippen molar-refractivity contribution in [1.29, 1.82) is 0 Å². The van der Waals surface area contributed by atoms with Gasteiger partial charge in [0.15, 0.2) is 5.58 Å². The molecule has 2 heterocycles. The van der Waals surface area contributed by atoms with Crippen molar-refractivity contribution in [2.24, 2.45) is 0 Å². The van der Waals surface area contributed by atoms with Gasteiger partial charge in [0.2, 0.25) is 5.89 Å². The predicted molar refractivity (Wildman–Crippen MR) is 92.9 cm³/mol. The summed E-state index contributed by atoms with van der Waals surface area (Å²) in [6, 6.07) is 16.6. The van der Waals surface area contributed by atoms with Crippen LogP contribution < -0.4 is 0 Å². The molecule has 2 aromatic heterocycles. The van der Waals surface area contributed by atoms with Crippen LogP contribution in [0.3, 0.4) is 0 Å². The second-order valence-electron chi connectivity index (χ2n) is 5.77. The van der Waals surface area contributed by atoms with E-state index in [9.17, 15) is 0 Å². The Morgan fingerprint density at radius 3 is 2.48 bits per heavy atom. The highest BCUT2D eigenvalue weighted by molar-refractivity contribution is 5.81. The Bertz CT molecular complexity index is 947. The minimum absolute atomic E-state index is 0.676. The normalized spacial score (nSPS) is 11.2. The quantitative estimate of drug-likeness (QED) is 0.523. The zero-order valence-electron chi connectivity index (χ0n) is 13.3. The van der Waals surface area contributed by atoms with Crippen molar-refractivity contribution in [3.63, 3.8) is 0 Å². The molecule has 4 rings (SSSR count). The molecule has 23 heavy (non-hydrogen) atoms. The van der Waals surface area contributed by atoms with E-state index in [1.807, 2.05) is 24.5 Å². The third-order valence-electron chi connectivity index (χ3n) is 4.17. The van der Waals surface area contributed by atoms with Crippen LogP contribution in [0.4, 0.5) is 0 Å². The van der Waals surface area contributed by atoms with Gasteiger partial charge < -0.3 is 8.98 Å². The molecule has 0 radical (unpaired) electrons. The fraction of sp³-hybridized carbons (Fsp3) is 0.150. The van der Waals surface area contributed by atoms with Crippen LogP contribution in [0, 0.1) is 6.92 Å². The molecule has 4 aromatic rings. The Morgan fingerprint density at radius 1 is 1.04 bits per heavy atom. The van der Waals surface area contributed by atoms with Crippen molar-refractivity contribution in [1.82, 2.24) is 9.55 Å². The smallest absolute Gasteiger partial charge is 0.227 e. The molecule has 0 atom stereocenters. The van der Waals surface area contributed by atoms with E-state index in [1.54, 1.807) is 0 Å². The van der Waals surface area contributed by atoms with Gasteiger partial charge in [-0.25, -0.2) is 4.98 Å². The first-order valence-electron chi connectivity index (χ1n) is 7.88. The summed E-state index contributed by atoms with van der Waals surface area (Å²) in [5, 5.41) is 0. The first-order valence-corrected chi connectivity index (χ1v) is 7.88. The van der Waals surface area contributed by atoms with Gasteiger partial charge in [-0.2, -0.15) is 0 Å². The number of rotatable bonds is 3. The zero-order valence-corrected chi connectivity index (χ0v) is 13.3. The topological polar surface area (TPSA) is 31.0 Å². The SMILES string of the molecule is CCc1ccc(-c2nc3cc(-n4cccc4)cc(C)c3o2)cc1. The standard InChI is InChI=1S/C20H18N2O/c1-3-15-6-8-16(9-7-15)20-21-18-13-17(22-10-4-5-11-22)12-14(2)19(18)23-20/h4-13H,3H2,1-2H3. The molecule has 0 aliphatic rings. The number of hydrogen-bond acceptors (Lipinski definition) is 2. The maximum Gasteiger partial charge on any atom is 0.227 e. The predicted octanol–water partition coefficient (Wildman–Crippen LogP) is 5.16. The van der Waals surface area contributed by atoms with Crippen LogP contribution in [0.5, 0.6) is 0 Å². The van der Waals surface area contributed by atoms with Gasteiger partial charge in [-0.3, -0.25) is 0 Å². The minimum atomic E-state index is 0.676. The Balaban J connectivity index is 1.82. The van der Waals surface area contributed by atoms with Gasteiger partial charge in [0.25, 0.3) is 0 Å². The third kappa shape index (κ3) is 2.44. The van der Waals surface area contributed by atoms with Gasteiger partial charge in [-0.1, -0.05) is 19.1 Å². The first kappa shape index (κ1) is 13.8.